The highest BCUT2D eigenvalue weighted by molar-refractivity contribution is 7.07. The number of nitrogens with zero attached hydrogens (tertiary/aromatic N) is 3. The molecule has 1 aliphatic heterocycles. The van der Waals surface area contributed by atoms with E-state index in [4.69, 9.17) is 8.83 Å². The maximum atomic E-state index is 12.4. The van der Waals surface area contributed by atoms with Gasteiger partial charge in [0.05, 0.1) is 17.7 Å². The first kappa shape index (κ1) is 17.1. The molecule has 26 heavy (non-hydrogen) atoms. The van der Waals surface area contributed by atoms with Crippen LogP contribution >= 0.6 is 11.3 Å². The fourth-order valence-corrected chi connectivity index (χ4v) is 3.72. The summed E-state index contributed by atoms with van der Waals surface area (Å²) in [5.41, 5.74) is 2.90. The molecule has 0 spiro atoms. The lowest BCUT2D eigenvalue weighted by Crippen LogP contribution is -2.27. The van der Waals surface area contributed by atoms with E-state index in [2.05, 4.69) is 9.88 Å². The third-order valence-corrected chi connectivity index (χ3v) is 5.09. The second kappa shape index (κ2) is 7.47. The number of hydrogen-bond donors (Lipinski definition) is 0. The van der Waals surface area contributed by atoms with Crippen LogP contribution < -0.4 is 0 Å². The van der Waals surface area contributed by atoms with Crippen LogP contribution in [0.5, 0.6) is 0 Å². The summed E-state index contributed by atoms with van der Waals surface area (Å²) in [6.07, 6.45) is 2.13. The Hall–Kier alpha value is -2.38. The van der Waals surface area contributed by atoms with Gasteiger partial charge in [-0.2, -0.15) is 0 Å². The zero-order valence-corrected chi connectivity index (χ0v) is 15.5. The van der Waals surface area contributed by atoms with E-state index in [-0.39, 0.29) is 5.91 Å². The van der Waals surface area contributed by atoms with Gasteiger partial charge >= 0.3 is 0 Å². The van der Waals surface area contributed by atoms with Crippen LogP contribution in [0.3, 0.4) is 0 Å². The molecule has 0 saturated carbocycles. The molecule has 0 aliphatic carbocycles. The number of thiazole rings is 1. The Kier molecular flexibility index (Phi) is 4.90. The predicted octanol–water partition coefficient (Wildman–Crippen LogP) is 3.86. The molecule has 1 saturated heterocycles. The standard InChI is InChI=1S/C19H21N3O3S/c1-21(10-14-12-26-13-20-14)11-15-4-5-16(24-15)17-6-7-18(25-17)19(23)22-8-2-3-9-22/h4-7,12-13H,2-3,8-11H2,1H3. The minimum Gasteiger partial charge on any atom is -0.456 e. The molecule has 1 aliphatic rings. The molecule has 1 amide bonds. The Morgan fingerprint density at radius 1 is 1.15 bits per heavy atom. The van der Waals surface area contributed by atoms with E-state index in [0.29, 0.717) is 23.8 Å². The van der Waals surface area contributed by atoms with Crippen molar-refractivity contribution in [2.45, 2.75) is 25.9 Å². The van der Waals surface area contributed by atoms with Gasteiger partial charge in [0, 0.05) is 25.0 Å². The first-order chi connectivity index (χ1) is 12.7. The van der Waals surface area contributed by atoms with Gasteiger partial charge in [0.1, 0.15) is 5.76 Å². The molecule has 4 rings (SSSR count). The molecule has 0 radical (unpaired) electrons. The quantitative estimate of drug-likeness (QED) is 0.658. The van der Waals surface area contributed by atoms with Gasteiger partial charge in [-0.1, -0.05) is 0 Å². The monoisotopic (exact) mass is 371 g/mol. The summed E-state index contributed by atoms with van der Waals surface area (Å²) in [4.78, 5) is 20.7. The maximum Gasteiger partial charge on any atom is 0.289 e. The minimum absolute atomic E-state index is 0.0384. The van der Waals surface area contributed by atoms with Crippen molar-refractivity contribution in [3.63, 3.8) is 0 Å². The molecule has 1 fully saturated rings. The molecule has 7 heteroatoms. The zero-order valence-electron chi connectivity index (χ0n) is 14.7. The number of hydrogen-bond acceptors (Lipinski definition) is 6. The van der Waals surface area contributed by atoms with E-state index in [1.807, 2.05) is 35.0 Å². The van der Waals surface area contributed by atoms with Gasteiger partial charge in [-0.15, -0.1) is 11.3 Å². The summed E-state index contributed by atoms with van der Waals surface area (Å²) in [5, 5.41) is 2.05. The molecule has 136 valence electrons. The van der Waals surface area contributed by atoms with Gasteiger partial charge in [0.2, 0.25) is 0 Å². The SMILES string of the molecule is CN(Cc1cscn1)Cc1ccc(-c2ccc(C(=O)N3CCCC3)o2)o1. The third kappa shape index (κ3) is 3.73. The van der Waals surface area contributed by atoms with Crippen molar-refractivity contribution < 1.29 is 13.6 Å². The van der Waals surface area contributed by atoms with Crippen LogP contribution in [0.25, 0.3) is 11.5 Å². The normalized spacial score (nSPS) is 14.5. The van der Waals surface area contributed by atoms with Crippen molar-refractivity contribution in [3.05, 3.63) is 52.4 Å². The van der Waals surface area contributed by atoms with Gasteiger partial charge < -0.3 is 13.7 Å². The number of carbonyl (C=O) groups excluding carboxylic acids is 1. The summed E-state index contributed by atoms with van der Waals surface area (Å²) in [6.45, 7) is 3.07. The Bertz CT molecular complexity index is 862. The highest BCUT2D eigenvalue weighted by Gasteiger charge is 2.23. The van der Waals surface area contributed by atoms with Gasteiger partial charge in [0.25, 0.3) is 5.91 Å². The second-order valence-corrected chi connectivity index (χ2v) is 7.30. The van der Waals surface area contributed by atoms with Crippen LogP contribution in [0.2, 0.25) is 0 Å². The molecule has 6 nitrogen and oxygen atoms in total. The van der Waals surface area contributed by atoms with Gasteiger partial charge in [-0.3, -0.25) is 9.69 Å². The molecule has 0 N–H and O–H groups in total. The molecule has 3 aromatic rings. The number of rotatable bonds is 6. The van der Waals surface area contributed by atoms with Crippen LogP contribution in [0.15, 0.2) is 44.0 Å². The van der Waals surface area contributed by atoms with E-state index < -0.39 is 0 Å². The summed E-state index contributed by atoms with van der Waals surface area (Å²) in [5.74, 6) is 2.41. The average molecular weight is 371 g/mol. The summed E-state index contributed by atoms with van der Waals surface area (Å²) < 4.78 is 11.6. The molecule has 0 bridgehead atoms. The summed E-state index contributed by atoms with van der Waals surface area (Å²) >= 11 is 1.60. The molecule has 0 aromatic carbocycles. The summed E-state index contributed by atoms with van der Waals surface area (Å²) in [6, 6.07) is 7.35. The van der Waals surface area contributed by atoms with Gasteiger partial charge in [-0.25, -0.2) is 4.98 Å². The predicted molar refractivity (Wildman–Crippen MR) is 98.8 cm³/mol. The van der Waals surface area contributed by atoms with Crippen LogP contribution in [-0.4, -0.2) is 40.8 Å². The van der Waals surface area contributed by atoms with E-state index in [1.165, 1.54) is 0 Å². The number of carbonyl (C=O) groups is 1. The summed E-state index contributed by atoms with van der Waals surface area (Å²) in [7, 11) is 2.03. The number of likely N-dealkylation sites (tertiary alicyclic amines) is 1. The number of furan rings is 2. The van der Waals surface area contributed by atoms with Gasteiger partial charge in [0.15, 0.2) is 17.3 Å². The Balaban J connectivity index is 1.40. The third-order valence-electron chi connectivity index (χ3n) is 4.46. The largest absolute Gasteiger partial charge is 0.456 e. The lowest BCUT2D eigenvalue weighted by atomic mass is 10.3. The Morgan fingerprint density at radius 3 is 2.69 bits per heavy atom. The topological polar surface area (TPSA) is 62.7 Å². The van der Waals surface area contributed by atoms with Crippen LogP contribution in [0.1, 0.15) is 34.9 Å². The highest BCUT2D eigenvalue weighted by atomic mass is 32.1. The Morgan fingerprint density at radius 2 is 1.92 bits per heavy atom. The smallest absolute Gasteiger partial charge is 0.289 e. The second-order valence-electron chi connectivity index (χ2n) is 6.58. The fraction of sp³-hybridized carbons (Fsp3) is 0.368. The van der Waals surface area contributed by atoms with Crippen molar-refractivity contribution in [2.75, 3.05) is 20.1 Å². The number of amides is 1. The maximum absolute atomic E-state index is 12.4. The molecule has 0 unspecified atom stereocenters. The van der Waals surface area contributed by atoms with Crippen molar-refractivity contribution in [2.24, 2.45) is 0 Å². The molecule has 4 heterocycles. The van der Waals surface area contributed by atoms with Crippen molar-refractivity contribution in [3.8, 4) is 11.5 Å². The van der Waals surface area contributed by atoms with Crippen molar-refractivity contribution in [1.29, 1.82) is 0 Å². The van der Waals surface area contributed by atoms with E-state index in [1.54, 1.807) is 23.5 Å². The zero-order chi connectivity index (χ0) is 17.9. The van der Waals surface area contributed by atoms with Crippen LogP contribution in [-0.2, 0) is 13.1 Å². The Labute approximate surface area is 156 Å². The van der Waals surface area contributed by atoms with Crippen molar-refractivity contribution >= 4 is 17.2 Å². The fourth-order valence-electron chi connectivity index (χ4n) is 3.17. The number of aromatic nitrogens is 1. The van der Waals surface area contributed by atoms with E-state index >= 15 is 0 Å². The molecule has 0 atom stereocenters. The molecular weight excluding hydrogens is 350 g/mol. The van der Waals surface area contributed by atoms with Crippen LogP contribution in [0.4, 0.5) is 0 Å². The lowest BCUT2D eigenvalue weighted by Gasteiger charge is -2.13. The molecule has 3 aromatic heterocycles. The average Bonchev–Trinajstić information content (AvgIpc) is 3.40. The van der Waals surface area contributed by atoms with E-state index in [9.17, 15) is 4.79 Å². The highest BCUT2D eigenvalue weighted by Crippen LogP contribution is 2.26. The molecular formula is C19H21N3O3S. The lowest BCUT2D eigenvalue weighted by molar-refractivity contribution is 0.0762. The van der Waals surface area contributed by atoms with Crippen molar-refractivity contribution in [1.82, 2.24) is 14.8 Å². The minimum atomic E-state index is -0.0384. The first-order valence-corrected chi connectivity index (χ1v) is 9.67. The van der Waals surface area contributed by atoms with Crippen LogP contribution in [0, 0.1) is 0 Å². The van der Waals surface area contributed by atoms with Gasteiger partial charge in [-0.05, 0) is 44.2 Å². The first-order valence-electron chi connectivity index (χ1n) is 8.73. The van der Waals surface area contributed by atoms with E-state index in [0.717, 1.165) is 43.9 Å².